The maximum Gasteiger partial charge on any atom is 0.289 e. The summed E-state index contributed by atoms with van der Waals surface area (Å²) < 4.78 is 5.17. The van der Waals surface area contributed by atoms with Crippen LogP contribution in [0.4, 0.5) is 0 Å². The number of thioether (sulfide) groups is 1. The van der Waals surface area contributed by atoms with Crippen molar-refractivity contribution in [3.05, 3.63) is 23.1 Å². The molecular weight excluding hydrogens is 298 g/mol. The summed E-state index contributed by atoms with van der Waals surface area (Å²) in [6.45, 7) is 6.08. The van der Waals surface area contributed by atoms with Gasteiger partial charge in [-0.3, -0.25) is 9.79 Å². The second-order valence-corrected chi connectivity index (χ2v) is 6.71. The van der Waals surface area contributed by atoms with Crippen molar-refractivity contribution >= 4 is 34.4 Å². The molecule has 3 heterocycles. The van der Waals surface area contributed by atoms with Crippen LogP contribution in [0.3, 0.4) is 0 Å². The summed E-state index contributed by atoms with van der Waals surface area (Å²) in [5.41, 5.74) is 0. The molecule has 2 aliphatic rings. The molecule has 2 aliphatic heterocycles. The summed E-state index contributed by atoms with van der Waals surface area (Å²) in [7, 11) is 0. The Kier molecular flexibility index (Phi) is 3.94. The first kappa shape index (κ1) is 13.8. The molecule has 1 amide bonds. The number of nitrogens with zero attached hydrogens (tertiary/aromatic N) is 3. The van der Waals surface area contributed by atoms with Crippen LogP contribution in [0.2, 0.25) is 5.22 Å². The maximum atomic E-state index is 12.2. The van der Waals surface area contributed by atoms with Gasteiger partial charge < -0.3 is 14.2 Å². The molecule has 0 bridgehead atoms. The highest BCUT2D eigenvalue weighted by Crippen LogP contribution is 2.24. The van der Waals surface area contributed by atoms with E-state index < -0.39 is 0 Å². The fourth-order valence-corrected chi connectivity index (χ4v) is 3.46. The van der Waals surface area contributed by atoms with Crippen LogP contribution in [0.15, 0.2) is 21.5 Å². The van der Waals surface area contributed by atoms with Crippen molar-refractivity contribution in [3.63, 3.8) is 0 Å². The number of halogens is 1. The molecule has 5 nitrogen and oxygen atoms in total. The zero-order chi connectivity index (χ0) is 14.1. The van der Waals surface area contributed by atoms with E-state index in [1.54, 1.807) is 17.0 Å². The number of rotatable bonds is 1. The fraction of sp³-hybridized carbons (Fsp3) is 0.538. The summed E-state index contributed by atoms with van der Waals surface area (Å²) in [4.78, 5) is 20.8. The lowest BCUT2D eigenvalue weighted by molar-refractivity contribution is 0.0662. The predicted molar refractivity (Wildman–Crippen MR) is 80.5 cm³/mol. The van der Waals surface area contributed by atoms with Crippen molar-refractivity contribution < 1.29 is 9.21 Å². The molecule has 0 spiro atoms. The van der Waals surface area contributed by atoms with Gasteiger partial charge in [0.25, 0.3) is 5.91 Å². The van der Waals surface area contributed by atoms with Gasteiger partial charge in [0.1, 0.15) is 0 Å². The predicted octanol–water partition coefficient (Wildman–Crippen LogP) is 2.18. The second kappa shape index (κ2) is 5.69. The van der Waals surface area contributed by atoms with Gasteiger partial charge in [-0.05, 0) is 23.7 Å². The lowest BCUT2D eigenvalue weighted by Gasteiger charge is -2.35. The zero-order valence-electron chi connectivity index (χ0n) is 11.2. The zero-order valence-corrected chi connectivity index (χ0v) is 12.8. The molecule has 0 radical (unpaired) electrons. The van der Waals surface area contributed by atoms with E-state index in [4.69, 9.17) is 16.0 Å². The Bertz CT molecular complexity index is 537. The third-order valence-corrected chi connectivity index (χ3v) is 4.76. The van der Waals surface area contributed by atoms with E-state index in [9.17, 15) is 4.79 Å². The van der Waals surface area contributed by atoms with Gasteiger partial charge in [0.2, 0.25) is 0 Å². The van der Waals surface area contributed by atoms with Crippen LogP contribution < -0.4 is 0 Å². The Balaban J connectivity index is 1.57. The summed E-state index contributed by atoms with van der Waals surface area (Å²) in [6, 6.07) is 3.21. The molecule has 1 fully saturated rings. The first-order chi connectivity index (χ1) is 9.63. The topological polar surface area (TPSA) is 49.0 Å². The van der Waals surface area contributed by atoms with Crippen molar-refractivity contribution in [1.82, 2.24) is 9.80 Å². The molecule has 0 aromatic carbocycles. The first-order valence-electron chi connectivity index (χ1n) is 6.64. The normalized spacial score (nSPS) is 23.1. The van der Waals surface area contributed by atoms with Crippen LogP contribution in [0.5, 0.6) is 0 Å². The van der Waals surface area contributed by atoms with Gasteiger partial charge in [-0.1, -0.05) is 18.7 Å². The van der Waals surface area contributed by atoms with E-state index >= 15 is 0 Å². The molecule has 108 valence electrons. The van der Waals surface area contributed by atoms with Gasteiger partial charge in [0, 0.05) is 31.4 Å². The van der Waals surface area contributed by atoms with E-state index in [-0.39, 0.29) is 11.1 Å². The van der Waals surface area contributed by atoms with Crippen molar-refractivity contribution in [2.75, 3.05) is 32.7 Å². The van der Waals surface area contributed by atoms with Crippen LogP contribution in [-0.2, 0) is 0 Å². The molecule has 0 unspecified atom stereocenters. The number of piperazine rings is 1. The van der Waals surface area contributed by atoms with Crippen molar-refractivity contribution in [3.8, 4) is 0 Å². The molecular formula is C13H16ClN3O2S. The minimum atomic E-state index is -0.0917. The van der Waals surface area contributed by atoms with E-state index in [1.807, 2.05) is 11.8 Å². The van der Waals surface area contributed by atoms with E-state index in [1.165, 1.54) is 0 Å². The average molecular weight is 314 g/mol. The highest BCUT2D eigenvalue weighted by Gasteiger charge is 2.28. The molecule has 1 atom stereocenters. The van der Waals surface area contributed by atoms with Gasteiger partial charge >= 0.3 is 0 Å². The highest BCUT2D eigenvalue weighted by molar-refractivity contribution is 8.14. The van der Waals surface area contributed by atoms with Crippen molar-refractivity contribution in [2.24, 2.45) is 4.99 Å². The fourth-order valence-electron chi connectivity index (χ4n) is 2.32. The number of carbonyl (C=O) groups excluding carboxylic acids is 1. The quantitative estimate of drug-likeness (QED) is 0.797. The Morgan fingerprint density at radius 3 is 2.70 bits per heavy atom. The third-order valence-electron chi connectivity index (χ3n) is 3.41. The van der Waals surface area contributed by atoms with Crippen LogP contribution in [-0.4, -0.2) is 58.8 Å². The SMILES string of the molecule is C[C@@H]1CN=C(N2CCN(C(=O)c3ccc(Cl)o3)CC2)S1. The molecule has 0 N–H and O–H groups in total. The molecule has 0 saturated carbocycles. The molecule has 1 aromatic rings. The van der Waals surface area contributed by atoms with Gasteiger partial charge in [-0.2, -0.15) is 0 Å². The first-order valence-corrected chi connectivity index (χ1v) is 7.90. The van der Waals surface area contributed by atoms with Crippen LogP contribution in [0.1, 0.15) is 17.5 Å². The summed E-state index contributed by atoms with van der Waals surface area (Å²) in [5.74, 6) is 0.218. The molecule has 20 heavy (non-hydrogen) atoms. The maximum absolute atomic E-state index is 12.2. The number of hydrogen-bond acceptors (Lipinski definition) is 5. The number of hydrogen-bond donors (Lipinski definition) is 0. The average Bonchev–Trinajstić information content (AvgIpc) is 3.07. The van der Waals surface area contributed by atoms with Crippen molar-refractivity contribution in [2.45, 2.75) is 12.2 Å². The number of carbonyl (C=O) groups is 1. The van der Waals surface area contributed by atoms with E-state index in [0.717, 1.165) is 24.8 Å². The van der Waals surface area contributed by atoms with Gasteiger partial charge in [0.15, 0.2) is 16.1 Å². The standard InChI is InChI=1S/C13H16ClN3O2S/c1-9-8-15-13(20-9)17-6-4-16(5-7-17)12(18)10-2-3-11(14)19-10/h2-3,9H,4-8H2,1H3/t9-/m1/s1. The van der Waals surface area contributed by atoms with E-state index in [2.05, 4.69) is 16.8 Å². The Morgan fingerprint density at radius 1 is 1.40 bits per heavy atom. The van der Waals surface area contributed by atoms with Crippen molar-refractivity contribution in [1.29, 1.82) is 0 Å². The molecule has 0 aliphatic carbocycles. The number of amides is 1. The minimum Gasteiger partial charge on any atom is -0.440 e. The van der Waals surface area contributed by atoms with Crippen LogP contribution >= 0.6 is 23.4 Å². The summed E-state index contributed by atoms with van der Waals surface area (Å²) >= 11 is 7.52. The summed E-state index contributed by atoms with van der Waals surface area (Å²) in [6.07, 6.45) is 0. The Morgan fingerprint density at radius 2 is 2.15 bits per heavy atom. The van der Waals surface area contributed by atoms with Gasteiger partial charge in [-0.25, -0.2) is 0 Å². The molecule has 7 heteroatoms. The second-order valence-electron chi connectivity index (χ2n) is 4.93. The van der Waals surface area contributed by atoms with Crippen LogP contribution in [0.25, 0.3) is 0 Å². The van der Waals surface area contributed by atoms with Gasteiger partial charge in [-0.15, -0.1) is 0 Å². The smallest absolute Gasteiger partial charge is 0.289 e. The summed E-state index contributed by atoms with van der Waals surface area (Å²) in [5, 5.41) is 1.93. The van der Waals surface area contributed by atoms with Crippen LogP contribution in [0, 0.1) is 0 Å². The lowest BCUT2D eigenvalue weighted by Crippen LogP contribution is -2.49. The Labute approximate surface area is 127 Å². The number of aliphatic imine (C=N–C) groups is 1. The molecule has 1 aromatic heterocycles. The van der Waals surface area contributed by atoms with Gasteiger partial charge in [0.05, 0.1) is 6.54 Å². The minimum absolute atomic E-state index is 0.0917. The largest absolute Gasteiger partial charge is 0.440 e. The van der Waals surface area contributed by atoms with E-state index in [0.29, 0.717) is 24.1 Å². The third kappa shape index (κ3) is 2.81. The number of amidine groups is 1. The highest BCUT2D eigenvalue weighted by atomic mass is 35.5. The number of furan rings is 1. The monoisotopic (exact) mass is 313 g/mol. The Hall–Kier alpha value is -1.14. The molecule has 3 rings (SSSR count). The molecule has 1 saturated heterocycles. The lowest BCUT2D eigenvalue weighted by atomic mass is 10.3.